The molecule has 1 atom stereocenters. The first kappa shape index (κ1) is 15.8. The fourth-order valence-corrected chi connectivity index (χ4v) is 2.64. The van der Waals surface area contributed by atoms with E-state index >= 15 is 0 Å². The number of anilines is 1. The maximum Gasteiger partial charge on any atom is 0.310 e. The molecule has 0 saturated carbocycles. The number of carboxylic acid groups (broad SMARTS) is 1. The molecule has 116 valence electrons. The van der Waals surface area contributed by atoms with Crippen molar-refractivity contribution in [2.75, 3.05) is 37.6 Å². The van der Waals surface area contributed by atoms with E-state index in [0.717, 1.165) is 31.9 Å². The molecule has 1 aromatic rings. The zero-order valence-corrected chi connectivity index (χ0v) is 12.7. The average molecular weight is 294 g/mol. The number of halogens is 1. The lowest BCUT2D eigenvalue weighted by molar-refractivity contribution is -0.149. The van der Waals surface area contributed by atoms with Crippen LogP contribution in [0.3, 0.4) is 0 Å². The van der Waals surface area contributed by atoms with E-state index in [0.29, 0.717) is 13.0 Å². The van der Waals surface area contributed by atoms with Crippen LogP contribution in [0, 0.1) is 11.2 Å². The number of carbonyl (C=O) groups is 1. The van der Waals surface area contributed by atoms with Crippen molar-refractivity contribution in [3.05, 3.63) is 30.1 Å². The Morgan fingerprint density at radius 1 is 1.24 bits per heavy atom. The third kappa shape index (κ3) is 3.73. The number of aliphatic carboxylic acids is 1. The molecular formula is C16H23FN2O2. The summed E-state index contributed by atoms with van der Waals surface area (Å²) in [7, 11) is 0. The molecule has 0 bridgehead atoms. The van der Waals surface area contributed by atoms with E-state index in [1.54, 1.807) is 12.1 Å². The van der Waals surface area contributed by atoms with Gasteiger partial charge in [0, 0.05) is 38.4 Å². The summed E-state index contributed by atoms with van der Waals surface area (Å²) in [5.41, 5.74) is 0.338. The average Bonchev–Trinajstić information content (AvgIpc) is 2.48. The summed E-state index contributed by atoms with van der Waals surface area (Å²) in [4.78, 5) is 15.8. The Morgan fingerprint density at radius 3 is 2.29 bits per heavy atom. The smallest absolute Gasteiger partial charge is 0.310 e. The van der Waals surface area contributed by atoms with Crippen LogP contribution >= 0.6 is 0 Å². The fraction of sp³-hybridized carbons (Fsp3) is 0.562. The third-order valence-corrected chi connectivity index (χ3v) is 4.43. The summed E-state index contributed by atoms with van der Waals surface area (Å²) in [6.07, 6.45) is 0.626. The number of benzene rings is 1. The molecule has 1 heterocycles. The van der Waals surface area contributed by atoms with Gasteiger partial charge >= 0.3 is 5.97 Å². The second kappa shape index (κ2) is 6.43. The van der Waals surface area contributed by atoms with Crippen LogP contribution in [0.1, 0.15) is 20.3 Å². The van der Waals surface area contributed by atoms with Crippen LogP contribution in [0.4, 0.5) is 10.1 Å². The largest absolute Gasteiger partial charge is 0.481 e. The van der Waals surface area contributed by atoms with Gasteiger partial charge in [0.2, 0.25) is 0 Å². The second-order valence-corrected chi connectivity index (χ2v) is 5.96. The Labute approximate surface area is 125 Å². The summed E-state index contributed by atoms with van der Waals surface area (Å²) < 4.78 is 12.9. The first-order valence-corrected chi connectivity index (χ1v) is 7.41. The molecule has 0 amide bonds. The van der Waals surface area contributed by atoms with Gasteiger partial charge in [-0.05, 0) is 37.6 Å². The predicted octanol–water partition coefficient (Wildman–Crippen LogP) is 2.45. The minimum Gasteiger partial charge on any atom is -0.481 e. The normalized spacial score (nSPS) is 19.3. The lowest BCUT2D eigenvalue weighted by Crippen LogP contribution is -2.51. The van der Waals surface area contributed by atoms with Gasteiger partial charge in [0.15, 0.2) is 0 Å². The van der Waals surface area contributed by atoms with Gasteiger partial charge in [0.05, 0.1) is 5.41 Å². The highest BCUT2D eigenvalue weighted by Gasteiger charge is 2.34. The molecular weight excluding hydrogens is 271 g/mol. The number of rotatable bonds is 5. The van der Waals surface area contributed by atoms with Gasteiger partial charge in [-0.1, -0.05) is 6.92 Å². The van der Waals surface area contributed by atoms with Crippen molar-refractivity contribution in [3.63, 3.8) is 0 Å². The Balaban J connectivity index is 1.91. The maximum atomic E-state index is 12.9. The summed E-state index contributed by atoms with van der Waals surface area (Å²) in [5, 5.41) is 9.35. The van der Waals surface area contributed by atoms with Crippen molar-refractivity contribution in [3.8, 4) is 0 Å². The number of hydrogen-bond donors (Lipinski definition) is 1. The molecule has 0 aromatic heterocycles. The van der Waals surface area contributed by atoms with Crippen molar-refractivity contribution >= 4 is 11.7 Å². The van der Waals surface area contributed by atoms with Crippen molar-refractivity contribution < 1.29 is 14.3 Å². The molecule has 5 heteroatoms. The highest BCUT2D eigenvalue weighted by atomic mass is 19.1. The minimum absolute atomic E-state index is 0.224. The topological polar surface area (TPSA) is 43.8 Å². The van der Waals surface area contributed by atoms with Crippen LogP contribution in [-0.4, -0.2) is 48.7 Å². The molecule has 1 aliphatic heterocycles. The molecule has 21 heavy (non-hydrogen) atoms. The van der Waals surface area contributed by atoms with E-state index < -0.39 is 11.4 Å². The number of piperazine rings is 1. The van der Waals surface area contributed by atoms with Gasteiger partial charge in [-0.25, -0.2) is 4.39 Å². The van der Waals surface area contributed by atoms with Gasteiger partial charge in [-0.3, -0.25) is 9.69 Å². The van der Waals surface area contributed by atoms with Gasteiger partial charge in [0.1, 0.15) is 5.82 Å². The Hall–Kier alpha value is -1.62. The minimum atomic E-state index is -0.731. The molecule has 0 radical (unpaired) electrons. The first-order valence-electron chi connectivity index (χ1n) is 7.41. The summed E-state index contributed by atoms with van der Waals surface area (Å²) in [5.74, 6) is -0.955. The number of hydrogen-bond acceptors (Lipinski definition) is 3. The molecule has 2 rings (SSSR count). The Kier molecular flexibility index (Phi) is 4.83. The van der Waals surface area contributed by atoms with Gasteiger partial charge in [-0.2, -0.15) is 0 Å². The van der Waals surface area contributed by atoms with E-state index in [4.69, 9.17) is 0 Å². The fourth-order valence-electron chi connectivity index (χ4n) is 2.64. The zero-order valence-electron chi connectivity index (χ0n) is 12.7. The standard InChI is InChI=1S/C16H23FN2O2/c1-3-16(2,15(20)21)12-18-8-10-19(11-9-18)14-6-4-13(17)5-7-14/h4-7H,3,8-12H2,1-2H3,(H,20,21). The van der Waals surface area contributed by atoms with Crippen molar-refractivity contribution in [2.45, 2.75) is 20.3 Å². The predicted molar refractivity (Wildman–Crippen MR) is 81.1 cm³/mol. The van der Waals surface area contributed by atoms with Crippen LogP contribution in [0.15, 0.2) is 24.3 Å². The first-order chi connectivity index (χ1) is 9.94. The Bertz CT molecular complexity index is 484. The Morgan fingerprint density at radius 2 is 1.81 bits per heavy atom. The molecule has 1 aromatic carbocycles. The van der Waals surface area contributed by atoms with Gasteiger partial charge in [0.25, 0.3) is 0 Å². The molecule has 4 nitrogen and oxygen atoms in total. The lowest BCUT2D eigenvalue weighted by Gasteiger charge is -2.39. The molecule has 1 aliphatic rings. The van der Waals surface area contributed by atoms with Crippen LogP contribution in [0.25, 0.3) is 0 Å². The third-order valence-electron chi connectivity index (χ3n) is 4.43. The van der Waals surface area contributed by atoms with Crippen molar-refractivity contribution in [2.24, 2.45) is 5.41 Å². The summed E-state index contributed by atoms with van der Waals surface area (Å²) in [6.45, 7) is 7.65. The SMILES string of the molecule is CCC(C)(CN1CCN(c2ccc(F)cc2)CC1)C(=O)O. The van der Waals surface area contributed by atoms with Gasteiger partial charge < -0.3 is 10.0 Å². The maximum absolute atomic E-state index is 12.9. The molecule has 0 spiro atoms. The van der Waals surface area contributed by atoms with Gasteiger partial charge in [-0.15, -0.1) is 0 Å². The van der Waals surface area contributed by atoms with Crippen molar-refractivity contribution in [1.29, 1.82) is 0 Å². The highest BCUT2D eigenvalue weighted by Crippen LogP contribution is 2.24. The summed E-state index contributed by atoms with van der Waals surface area (Å²) >= 11 is 0. The number of carboxylic acids is 1. The van der Waals surface area contributed by atoms with E-state index in [2.05, 4.69) is 9.80 Å². The quantitative estimate of drug-likeness (QED) is 0.906. The molecule has 1 fully saturated rings. The number of nitrogens with zero attached hydrogens (tertiary/aromatic N) is 2. The lowest BCUT2D eigenvalue weighted by atomic mass is 9.87. The van der Waals surface area contributed by atoms with E-state index in [-0.39, 0.29) is 5.82 Å². The van der Waals surface area contributed by atoms with Crippen LogP contribution in [0.2, 0.25) is 0 Å². The van der Waals surface area contributed by atoms with Crippen LogP contribution in [-0.2, 0) is 4.79 Å². The molecule has 1 unspecified atom stereocenters. The monoisotopic (exact) mass is 294 g/mol. The molecule has 0 aliphatic carbocycles. The molecule has 1 saturated heterocycles. The highest BCUT2D eigenvalue weighted by molar-refractivity contribution is 5.74. The van der Waals surface area contributed by atoms with Crippen LogP contribution in [0.5, 0.6) is 0 Å². The second-order valence-electron chi connectivity index (χ2n) is 5.96. The van der Waals surface area contributed by atoms with E-state index in [9.17, 15) is 14.3 Å². The van der Waals surface area contributed by atoms with Crippen LogP contribution < -0.4 is 4.90 Å². The van der Waals surface area contributed by atoms with Crippen molar-refractivity contribution in [1.82, 2.24) is 4.90 Å². The van der Waals surface area contributed by atoms with E-state index in [1.807, 2.05) is 13.8 Å². The zero-order chi connectivity index (χ0) is 15.5. The van der Waals surface area contributed by atoms with E-state index in [1.165, 1.54) is 12.1 Å². The summed E-state index contributed by atoms with van der Waals surface area (Å²) in [6, 6.07) is 6.53. The molecule has 1 N–H and O–H groups in total.